The Hall–Kier alpha value is -0.960. The van der Waals surface area contributed by atoms with Gasteiger partial charge in [0.05, 0.1) is 12.4 Å². The van der Waals surface area contributed by atoms with E-state index in [2.05, 4.69) is 26.0 Å². The first kappa shape index (κ1) is 20.8. The molecule has 2 aromatic rings. The lowest BCUT2D eigenvalue weighted by molar-refractivity contribution is 0.151. The zero-order valence-electron chi connectivity index (χ0n) is 16.2. The molecule has 1 aromatic heterocycles. The molecule has 1 fully saturated rings. The number of halogens is 2. The maximum Gasteiger partial charge on any atom is 0.103 e. The van der Waals surface area contributed by atoms with E-state index in [0.717, 1.165) is 43.4 Å². The van der Waals surface area contributed by atoms with Crippen LogP contribution in [0.1, 0.15) is 68.4 Å². The van der Waals surface area contributed by atoms with Crippen molar-refractivity contribution in [1.82, 2.24) is 0 Å². The summed E-state index contributed by atoms with van der Waals surface area (Å²) in [4.78, 5) is 0. The molecule has 4 heteroatoms. The van der Waals surface area contributed by atoms with Crippen LogP contribution in [-0.2, 0) is 6.42 Å². The van der Waals surface area contributed by atoms with E-state index < -0.39 is 6.10 Å². The minimum absolute atomic E-state index is 0.0625. The van der Waals surface area contributed by atoms with Gasteiger partial charge in [-0.15, -0.1) is 23.2 Å². The van der Waals surface area contributed by atoms with Gasteiger partial charge >= 0.3 is 0 Å². The van der Waals surface area contributed by atoms with Crippen LogP contribution in [0.3, 0.4) is 0 Å². The minimum atomic E-state index is -0.403. The molecule has 1 N–H and O–H groups in total. The van der Waals surface area contributed by atoms with E-state index in [1.807, 2.05) is 24.3 Å². The van der Waals surface area contributed by atoms with Crippen molar-refractivity contribution in [3.63, 3.8) is 0 Å². The Kier molecular flexibility index (Phi) is 7.30. The van der Waals surface area contributed by atoms with Crippen molar-refractivity contribution in [2.75, 3.05) is 0 Å². The van der Waals surface area contributed by atoms with Crippen molar-refractivity contribution in [1.29, 1.82) is 0 Å². The molecule has 0 bridgehead atoms. The van der Waals surface area contributed by atoms with Gasteiger partial charge in [-0.3, -0.25) is 0 Å². The van der Waals surface area contributed by atoms with Crippen molar-refractivity contribution in [2.45, 2.75) is 68.7 Å². The summed E-state index contributed by atoms with van der Waals surface area (Å²) in [5, 5.41) is 10.5. The predicted molar refractivity (Wildman–Crippen MR) is 113 cm³/mol. The first-order valence-electron chi connectivity index (χ1n) is 10.0. The second kappa shape index (κ2) is 9.49. The van der Waals surface area contributed by atoms with E-state index in [4.69, 9.17) is 27.6 Å². The highest BCUT2D eigenvalue weighted by atomic mass is 35.5. The van der Waals surface area contributed by atoms with Crippen molar-refractivity contribution in [2.24, 2.45) is 11.8 Å². The van der Waals surface area contributed by atoms with Gasteiger partial charge in [0.2, 0.25) is 0 Å². The van der Waals surface area contributed by atoms with Gasteiger partial charge in [-0.25, -0.2) is 0 Å². The number of furan rings is 1. The smallest absolute Gasteiger partial charge is 0.103 e. The summed E-state index contributed by atoms with van der Waals surface area (Å²) in [5.74, 6) is 2.14. The Bertz CT molecular complexity index is 681. The zero-order chi connectivity index (χ0) is 19.4. The monoisotopic (exact) mass is 408 g/mol. The number of hydrogen-bond acceptors (Lipinski definition) is 2. The number of aryl methyl sites for hydroxylation is 1. The number of hydrogen-bond donors (Lipinski definition) is 1. The lowest BCUT2D eigenvalue weighted by atomic mass is 9.84. The lowest BCUT2D eigenvalue weighted by Crippen LogP contribution is -2.17. The Morgan fingerprint density at radius 1 is 1.11 bits per heavy atom. The van der Waals surface area contributed by atoms with E-state index in [9.17, 15) is 5.11 Å². The normalized spacial score (nSPS) is 26.6. The topological polar surface area (TPSA) is 33.4 Å². The molecule has 5 atom stereocenters. The van der Waals surface area contributed by atoms with Gasteiger partial charge < -0.3 is 9.52 Å². The van der Waals surface area contributed by atoms with Gasteiger partial charge in [0, 0.05) is 23.1 Å². The average Bonchev–Trinajstić information content (AvgIpc) is 3.23. The number of aliphatic hydroxyl groups excluding tert-OH is 1. The van der Waals surface area contributed by atoms with E-state index >= 15 is 0 Å². The van der Waals surface area contributed by atoms with Crippen molar-refractivity contribution >= 4 is 23.2 Å². The van der Waals surface area contributed by atoms with Gasteiger partial charge in [0.1, 0.15) is 5.76 Å². The molecule has 27 heavy (non-hydrogen) atoms. The summed E-state index contributed by atoms with van der Waals surface area (Å²) >= 11 is 13.4. The third kappa shape index (κ3) is 5.31. The van der Waals surface area contributed by atoms with Crippen LogP contribution in [0, 0.1) is 11.8 Å². The van der Waals surface area contributed by atoms with Crippen LogP contribution in [-0.4, -0.2) is 15.9 Å². The molecule has 2 nitrogen and oxygen atoms in total. The largest absolute Gasteiger partial charge is 0.469 e. The van der Waals surface area contributed by atoms with Crippen molar-refractivity contribution < 1.29 is 9.52 Å². The highest BCUT2D eigenvalue weighted by molar-refractivity contribution is 6.25. The number of alkyl halides is 2. The van der Waals surface area contributed by atoms with Gasteiger partial charge in [-0.1, -0.05) is 38.1 Å². The molecule has 0 saturated heterocycles. The van der Waals surface area contributed by atoms with Crippen molar-refractivity contribution in [3.05, 3.63) is 59.5 Å². The van der Waals surface area contributed by atoms with Crippen LogP contribution in [0.4, 0.5) is 0 Å². The molecule has 5 unspecified atom stereocenters. The van der Waals surface area contributed by atoms with Crippen LogP contribution >= 0.6 is 23.2 Å². The van der Waals surface area contributed by atoms with E-state index in [-0.39, 0.29) is 16.7 Å². The molecule has 0 aliphatic heterocycles. The minimum Gasteiger partial charge on any atom is -0.469 e. The van der Waals surface area contributed by atoms with Crippen LogP contribution in [0.5, 0.6) is 0 Å². The third-order valence-electron chi connectivity index (χ3n) is 5.71. The molecule has 1 heterocycles. The summed E-state index contributed by atoms with van der Waals surface area (Å²) in [6.07, 6.45) is 5.97. The molecule has 3 rings (SSSR count). The standard InChI is InChI=1S/C23H30Cl2O2/c1-15(2)13-22(26)16-8-10-17(11-9-16)23-19(20(24)14-21(23)25)7-3-5-18-6-4-12-27-18/h4,6,8-12,15,19-23,26H,3,5,7,13-14H2,1-2H3. The maximum atomic E-state index is 10.3. The third-order valence-corrected chi connectivity index (χ3v) is 6.66. The lowest BCUT2D eigenvalue weighted by Gasteiger charge is -2.24. The Labute approximate surface area is 172 Å². The molecule has 1 aromatic carbocycles. The Morgan fingerprint density at radius 2 is 1.85 bits per heavy atom. The fraction of sp³-hybridized carbons (Fsp3) is 0.565. The van der Waals surface area contributed by atoms with E-state index in [1.54, 1.807) is 6.26 Å². The first-order valence-corrected chi connectivity index (χ1v) is 10.9. The van der Waals surface area contributed by atoms with Gasteiger partial charge in [-0.2, -0.15) is 0 Å². The SMILES string of the molecule is CC(C)CC(O)c1ccc(C2C(Cl)CC(Cl)C2CCCc2ccco2)cc1. The van der Waals surface area contributed by atoms with Gasteiger partial charge in [0.15, 0.2) is 0 Å². The highest BCUT2D eigenvalue weighted by Gasteiger charge is 2.41. The summed E-state index contributed by atoms with van der Waals surface area (Å²) in [7, 11) is 0. The number of rotatable bonds is 8. The van der Waals surface area contributed by atoms with Gasteiger partial charge in [-0.05, 0) is 60.8 Å². The summed E-state index contributed by atoms with van der Waals surface area (Å²) in [6.45, 7) is 4.25. The van der Waals surface area contributed by atoms with Crippen LogP contribution in [0.15, 0.2) is 47.1 Å². The van der Waals surface area contributed by atoms with Crippen LogP contribution in [0.2, 0.25) is 0 Å². The molecule has 1 aliphatic carbocycles. The highest BCUT2D eigenvalue weighted by Crippen LogP contribution is 2.47. The Morgan fingerprint density at radius 3 is 2.48 bits per heavy atom. The molecular formula is C23H30Cl2O2. The molecule has 1 saturated carbocycles. The van der Waals surface area contributed by atoms with Crippen molar-refractivity contribution in [3.8, 4) is 0 Å². The summed E-state index contributed by atoms with van der Waals surface area (Å²) in [6, 6.07) is 12.3. The van der Waals surface area contributed by atoms with E-state index in [1.165, 1.54) is 5.56 Å². The zero-order valence-corrected chi connectivity index (χ0v) is 17.7. The average molecular weight is 409 g/mol. The van der Waals surface area contributed by atoms with E-state index in [0.29, 0.717) is 11.8 Å². The van der Waals surface area contributed by atoms with Crippen LogP contribution < -0.4 is 0 Å². The molecular weight excluding hydrogens is 379 g/mol. The fourth-order valence-electron chi connectivity index (χ4n) is 4.34. The number of benzene rings is 1. The Balaban J connectivity index is 1.66. The summed E-state index contributed by atoms with van der Waals surface area (Å²) in [5.41, 5.74) is 2.22. The maximum absolute atomic E-state index is 10.3. The molecule has 148 valence electrons. The predicted octanol–water partition coefficient (Wildman–Crippen LogP) is 6.70. The summed E-state index contributed by atoms with van der Waals surface area (Å²) < 4.78 is 5.44. The second-order valence-electron chi connectivity index (χ2n) is 8.24. The second-order valence-corrected chi connectivity index (χ2v) is 9.36. The van der Waals surface area contributed by atoms with Crippen LogP contribution in [0.25, 0.3) is 0 Å². The molecule has 0 amide bonds. The number of aliphatic hydroxyl groups is 1. The molecule has 0 radical (unpaired) electrons. The van der Waals surface area contributed by atoms with Gasteiger partial charge in [0.25, 0.3) is 0 Å². The first-order chi connectivity index (χ1) is 13.0. The molecule has 1 aliphatic rings. The quantitative estimate of drug-likeness (QED) is 0.492. The fourth-order valence-corrected chi connectivity index (χ4v) is 5.43. The molecule has 0 spiro atoms.